The molecule has 1 aliphatic rings. The lowest BCUT2D eigenvalue weighted by atomic mass is 9.93. The van der Waals surface area contributed by atoms with Gasteiger partial charge in [0.1, 0.15) is 0 Å². The van der Waals surface area contributed by atoms with Crippen LogP contribution in [0.25, 0.3) is 0 Å². The van der Waals surface area contributed by atoms with Crippen molar-refractivity contribution in [3.05, 3.63) is 70.4 Å². The molecule has 2 atom stereocenters. The lowest BCUT2D eigenvalue weighted by Crippen LogP contribution is -2.47. The number of nitriles is 2. The number of allylic oxidation sites excluding steroid dienone is 1. The molecule has 1 aliphatic heterocycles. The van der Waals surface area contributed by atoms with Crippen molar-refractivity contribution in [3.63, 3.8) is 0 Å². The van der Waals surface area contributed by atoms with Gasteiger partial charge in [0, 0.05) is 19.0 Å². The van der Waals surface area contributed by atoms with Gasteiger partial charge in [-0.25, -0.2) is 9.00 Å². The normalized spacial score (nSPS) is 17.8. The molecule has 3 amide bonds. The quantitative estimate of drug-likeness (QED) is 0.451. The highest BCUT2D eigenvalue weighted by Crippen LogP contribution is 2.42. The molecule has 15 heteroatoms. The van der Waals surface area contributed by atoms with E-state index < -0.39 is 50.5 Å². The van der Waals surface area contributed by atoms with E-state index in [1.807, 2.05) is 6.07 Å². The first-order valence-corrected chi connectivity index (χ1v) is 12.6. The fourth-order valence-corrected chi connectivity index (χ4v) is 5.45. The zero-order valence-corrected chi connectivity index (χ0v) is 21.1. The molecule has 0 aromatic heterocycles. The summed E-state index contributed by atoms with van der Waals surface area (Å²) in [5.74, 6) is -2.64. The number of anilines is 1. The minimum Gasteiger partial charge on any atom is -0.315 e. The topological polar surface area (TPSA) is 118 Å². The highest BCUT2D eigenvalue weighted by Gasteiger charge is 2.42. The number of rotatable bonds is 3. The van der Waals surface area contributed by atoms with Gasteiger partial charge in [0.15, 0.2) is 0 Å². The Bertz CT molecular complexity index is 1610. The monoisotopic (exact) mass is 569 g/mol. The van der Waals surface area contributed by atoms with Gasteiger partial charge in [0.25, 0.3) is 0 Å². The van der Waals surface area contributed by atoms with Gasteiger partial charge >= 0.3 is 24.3 Å². The third-order valence-corrected chi connectivity index (χ3v) is 7.46. The second-order valence-electron chi connectivity index (χ2n) is 8.35. The van der Waals surface area contributed by atoms with Gasteiger partial charge in [-0.2, -0.15) is 36.9 Å². The number of urea groups is 1. The SMILES string of the molecule is CC1=C(C#N)[C@@H](c2ccc(C#N)cc2[S@](C)(=O)=NC(=O)C(F)(F)F)N(C)C(=O)N1c1cccc(C(F)(F)F)c1. The number of amides is 3. The summed E-state index contributed by atoms with van der Waals surface area (Å²) in [6, 6.07) is 8.33. The Morgan fingerprint density at radius 3 is 2.23 bits per heavy atom. The second-order valence-corrected chi connectivity index (χ2v) is 10.6. The van der Waals surface area contributed by atoms with Crippen LogP contribution in [-0.4, -0.2) is 40.5 Å². The van der Waals surface area contributed by atoms with Crippen LogP contribution in [0.2, 0.25) is 0 Å². The number of benzene rings is 2. The standard InChI is InChI=1S/C24H17F6N5O3S/c1-13-18(12-32)20(34(2)22(37)35(13)16-6-4-5-15(10-16)23(25,26)27)17-8-7-14(11-31)9-19(17)39(3,38)33-21(36)24(28,29)30/h4-10,20H,1-3H3/t20-,39+/m1/s1. The van der Waals surface area contributed by atoms with E-state index in [0.717, 1.165) is 40.3 Å². The summed E-state index contributed by atoms with van der Waals surface area (Å²) >= 11 is 0. The van der Waals surface area contributed by atoms with Crippen molar-refractivity contribution in [3.8, 4) is 12.1 Å². The third kappa shape index (κ3) is 5.58. The first kappa shape index (κ1) is 29.2. The van der Waals surface area contributed by atoms with Crippen LogP contribution in [0.4, 0.5) is 36.8 Å². The van der Waals surface area contributed by atoms with Crippen molar-refractivity contribution >= 4 is 27.4 Å². The van der Waals surface area contributed by atoms with Gasteiger partial charge in [-0.1, -0.05) is 12.1 Å². The van der Waals surface area contributed by atoms with Crippen LogP contribution < -0.4 is 4.90 Å². The Morgan fingerprint density at radius 1 is 1.05 bits per heavy atom. The molecule has 2 aromatic rings. The molecule has 39 heavy (non-hydrogen) atoms. The first-order chi connectivity index (χ1) is 17.9. The number of alkyl halides is 6. The number of halogens is 6. The van der Waals surface area contributed by atoms with Gasteiger partial charge in [-0.05, 0) is 42.8 Å². The van der Waals surface area contributed by atoms with Gasteiger partial charge in [-0.3, -0.25) is 9.69 Å². The molecule has 2 aromatic carbocycles. The van der Waals surface area contributed by atoms with E-state index in [1.165, 1.54) is 26.1 Å². The minimum atomic E-state index is -5.44. The molecule has 0 saturated heterocycles. The fourth-order valence-electron chi connectivity index (χ4n) is 3.97. The zero-order chi connectivity index (χ0) is 29.5. The Kier molecular flexibility index (Phi) is 7.54. The van der Waals surface area contributed by atoms with E-state index in [2.05, 4.69) is 4.36 Å². The summed E-state index contributed by atoms with van der Waals surface area (Å²) < 4.78 is 94.7. The summed E-state index contributed by atoms with van der Waals surface area (Å²) in [4.78, 5) is 26.2. The van der Waals surface area contributed by atoms with Gasteiger partial charge in [0.05, 0.1) is 55.2 Å². The van der Waals surface area contributed by atoms with Crippen molar-refractivity contribution in [2.45, 2.75) is 30.2 Å². The summed E-state index contributed by atoms with van der Waals surface area (Å²) in [5, 5.41) is 19.3. The van der Waals surface area contributed by atoms with Crippen molar-refractivity contribution in [2.24, 2.45) is 4.36 Å². The Labute approximate surface area is 218 Å². The molecule has 0 N–H and O–H groups in total. The van der Waals surface area contributed by atoms with Crippen LogP contribution in [-0.2, 0) is 20.7 Å². The predicted octanol–water partition coefficient (Wildman–Crippen LogP) is 5.53. The van der Waals surface area contributed by atoms with E-state index in [9.17, 15) is 50.7 Å². The zero-order valence-electron chi connectivity index (χ0n) is 20.3. The highest BCUT2D eigenvalue weighted by atomic mass is 32.2. The van der Waals surface area contributed by atoms with E-state index in [4.69, 9.17) is 0 Å². The Hall–Kier alpha value is -4.37. The highest BCUT2D eigenvalue weighted by molar-refractivity contribution is 7.93. The molecule has 0 bridgehead atoms. The number of hydrogen-bond acceptors (Lipinski definition) is 5. The van der Waals surface area contributed by atoms with Crippen LogP contribution >= 0.6 is 0 Å². The lowest BCUT2D eigenvalue weighted by Gasteiger charge is -2.40. The smallest absolute Gasteiger partial charge is 0.315 e. The van der Waals surface area contributed by atoms with Crippen molar-refractivity contribution < 1.29 is 40.1 Å². The molecule has 0 saturated carbocycles. The second kappa shape index (κ2) is 10.1. The largest absolute Gasteiger partial charge is 0.474 e. The van der Waals surface area contributed by atoms with Crippen LogP contribution in [0.3, 0.4) is 0 Å². The molecular weight excluding hydrogens is 552 g/mol. The summed E-state index contributed by atoms with van der Waals surface area (Å²) in [6.45, 7) is 1.28. The number of carbonyl (C=O) groups is 2. The molecule has 0 aliphatic carbocycles. The average molecular weight is 569 g/mol. The van der Waals surface area contributed by atoms with Gasteiger partial charge < -0.3 is 4.90 Å². The maximum absolute atomic E-state index is 13.4. The average Bonchev–Trinajstić information content (AvgIpc) is 2.84. The van der Waals surface area contributed by atoms with Gasteiger partial charge in [-0.15, -0.1) is 4.36 Å². The van der Waals surface area contributed by atoms with E-state index in [0.29, 0.717) is 6.07 Å². The van der Waals surface area contributed by atoms with Crippen LogP contribution in [0.15, 0.2) is 63.0 Å². The summed E-state index contributed by atoms with van der Waals surface area (Å²) in [7, 11) is -3.01. The van der Waals surface area contributed by atoms with Crippen molar-refractivity contribution in [1.29, 1.82) is 10.5 Å². The number of nitrogens with zero attached hydrogens (tertiary/aromatic N) is 5. The van der Waals surface area contributed by atoms with Gasteiger partial charge in [0.2, 0.25) is 0 Å². The van der Waals surface area contributed by atoms with Crippen molar-refractivity contribution in [2.75, 3.05) is 18.2 Å². The van der Waals surface area contributed by atoms with E-state index >= 15 is 0 Å². The maximum atomic E-state index is 13.4. The molecular formula is C24H17F6N5O3S. The van der Waals surface area contributed by atoms with Crippen LogP contribution in [0, 0.1) is 22.7 Å². The third-order valence-electron chi connectivity index (χ3n) is 5.78. The van der Waals surface area contributed by atoms with E-state index in [-0.39, 0.29) is 28.1 Å². The van der Waals surface area contributed by atoms with Crippen LogP contribution in [0.1, 0.15) is 29.7 Å². The molecule has 3 rings (SSSR count). The predicted molar refractivity (Wildman–Crippen MR) is 125 cm³/mol. The Morgan fingerprint density at radius 2 is 1.69 bits per heavy atom. The van der Waals surface area contributed by atoms with E-state index in [1.54, 1.807) is 6.07 Å². The first-order valence-electron chi connectivity index (χ1n) is 10.7. The Balaban J connectivity index is 2.29. The molecule has 0 spiro atoms. The minimum absolute atomic E-state index is 0.105. The van der Waals surface area contributed by atoms with Crippen molar-refractivity contribution in [1.82, 2.24) is 4.90 Å². The molecule has 0 fully saturated rings. The van der Waals surface area contributed by atoms with Crippen LogP contribution in [0.5, 0.6) is 0 Å². The molecule has 0 unspecified atom stereocenters. The molecule has 204 valence electrons. The maximum Gasteiger partial charge on any atom is 0.474 e. The summed E-state index contributed by atoms with van der Waals surface area (Å²) in [5.41, 5.74) is -1.93. The molecule has 0 radical (unpaired) electrons. The molecule has 1 heterocycles. The lowest BCUT2D eigenvalue weighted by molar-refractivity contribution is -0.169. The number of likely N-dealkylation sites (N-methyl/N-ethyl adjacent to an activating group) is 1. The summed E-state index contributed by atoms with van der Waals surface area (Å²) in [6.07, 6.45) is -9.43. The fraction of sp³-hybridized carbons (Fsp3) is 0.250. The molecule has 8 nitrogen and oxygen atoms in total. The number of hydrogen-bond donors (Lipinski definition) is 0. The number of carbonyl (C=O) groups excluding carboxylic acids is 2.